The number of nitrogens with zero attached hydrogens (tertiary/aromatic N) is 6. The number of aromatic nitrogens is 4. The second kappa shape index (κ2) is 18.8. The van der Waals surface area contributed by atoms with Crippen molar-refractivity contribution in [2.75, 3.05) is 26.4 Å². The van der Waals surface area contributed by atoms with Gasteiger partial charge in [0.25, 0.3) is 11.8 Å². The largest absolute Gasteiger partial charge is 0.573 e. The van der Waals surface area contributed by atoms with E-state index in [9.17, 15) is 35.9 Å². The van der Waals surface area contributed by atoms with Gasteiger partial charge in [-0.15, -0.1) is 26.3 Å². The molecule has 0 radical (unpaired) electrons. The summed E-state index contributed by atoms with van der Waals surface area (Å²) in [7, 11) is 0. The minimum atomic E-state index is -4.77. The number of alkyl halides is 6. The smallest absolute Gasteiger partial charge is 0.406 e. The van der Waals surface area contributed by atoms with Crippen molar-refractivity contribution in [2.24, 2.45) is 0 Å². The number of amides is 2. The van der Waals surface area contributed by atoms with Crippen molar-refractivity contribution in [3.05, 3.63) is 114 Å². The zero-order valence-electron chi connectivity index (χ0n) is 32.5. The number of pyridine rings is 1. The average molecular weight is 843 g/mol. The summed E-state index contributed by atoms with van der Waals surface area (Å²) in [6.45, 7) is 3.32. The first-order valence-corrected chi connectivity index (χ1v) is 19.7. The van der Waals surface area contributed by atoms with Crippen LogP contribution in [0.1, 0.15) is 76.5 Å². The molecule has 3 aliphatic heterocycles. The van der Waals surface area contributed by atoms with Crippen molar-refractivity contribution in [3.8, 4) is 11.5 Å². The molecule has 12 nitrogen and oxygen atoms in total. The van der Waals surface area contributed by atoms with Crippen LogP contribution in [0.4, 0.5) is 26.3 Å². The number of ether oxygens (including phenoxy) is 4. The molecule has 0 atom stereocenters. The molecular formula is C42H44F6N6O6. The fraction of sp³-hybridized carbons (Fsp3) is 0.429. The molecule has 18 heteroatoms. The molecule has 0 saturated carbocycles. The van der Waals surface area contributed by atoms with E-state index in [-0.39, 0.29) is 54.2 Å². The Morgan fingerprint density at radius 1 is 0.683 bits per heavy atom. The molecule has 3 aliphatic rings. The third kappa shape index (κ3) is 11.3. The highest BCUT2D eigenvalue weighted by molar-refractivity contribution is 5.93. The third-order valence-electron chi connectivity index (χ3n) is 10.5. The van der Waals surface area contributed by atoms with E-state index in [1.165, 1.54) is 36.4 Å². The van der Waals surface area contributed by atoms with Gasteiger partial charge in [-0.1, -0.05) is 30.3 Å². The molecule has 3 aromatic heterocycles. The highest BCUT2D eigenvalue weighted by Crippen LogP contribution is 2.28. The van der Waals surface area contributed by atoms with Gasteiger partial charge in [0, 0.05) is 83.2 Å². The van der Waals surface area contributed by atoms with Crippen molar-refractivity contribution in [2.45, 2.75) is 89.4 Å². The summed E-state index contributed by atoms with van der Waals surface area (Å²) in [5.74, 6) is -0.167. The van der Waals surface area contributed by atoms with E-state index in [1.54, 1.807) is 51.0 Å². The van der Waals surface area contributed by atoms with Gasteiger partial charge in [-0.25, -0.2) is 9.97 Å². The normalized spacial score (nSPS) is 16.4. The fourth-order valence-electron chi connectivity index (χ4n) is 7.65. The van der Waals surface area contributed by atoms with Gasteiger partial charge in [0.15, 0.2) is 0 Å². The average Bonchev–Trinajstić information content (AvgIpc) is 3.87. The lowest BCUT2D eigenvalue weighted by Crippen LogP contribution is -2.43. The van der Waals surface area contributed by atoms with Gasteiger partial charge < -0.3 is 37.7 Å². The molecule has 0 N–H and O–H groups in total. The molecule has 2 aromatic carbocycles. The molecule has 0 aliphatic carbocycles. The second-order valence-corrected chi connectivity index (χ2v) is 14.7. The molecule has 2 amide bonds. The van der Waals surface area contributed by atoms with Crippen LogP contribution in [-0.4, -0.2) is 91.8 Å². The number of hydrogen-bond acceptors (Lipinski definition) is 8. The molecule has 5 aromatic rings. The lowest BCUT2D eigenvalue weighted by atomic mass is 10.0. The molecule has 0 unspecified atom stereocenters. The molecule has 0 bridgehead atoms. The molecule has 2 fully saturated rings. The van der Waals surface area contributed by atoms with Crippen LogP contribution in [0.2, 0.25) is 0 Å². The number of rotatable bonds is 10. The number of hydrogen-bond donors (Lipinski definition) is 0. The maximum absolute atomic E-state index is 13.4. The van der Waals surface area contributed by atoms with Crippen molar-refractivity contribution in [3.63, 3.8) is 0 Å². The Kier molecular flexibility index (Phi) is 13.3. The Morgan fingerprint density at radius 2 is 1.22 bits per heavy atom. The highest BCUT2D eigenvalue weighted by Gasteiger charge is 2.34. The standard InChI is InChI=1S/C21H24F3N3O3.C21H20F3N3O3/c2*22-21(23,24)30-17-5-3-4-15(12-17)13-27(16-7-10-29-11-8-16)20(28)18-14-26-9-2-1-6-19(26)25-18/h3-5,12,14,16H,1-2,6-11,13H2;1-6,9,12,14,16H,7-8,10-11,13H2. The van der Waals surface area contributed by atoms with Gasteiger partial charge >= 0.3 is 12.7 Å². The van der Waals surface area contributed by atoms with E-state index >= 15 is 0 Å². The lowest BCUT2D eigenvalue weighted by molar-refractivity contribution is -0.275. The van der Waals surface area contributed by atoms with Gasteiger partial charge in [0.1, 0.15) is 34.4 Å². The van der Waals surface area contributed by atoms with Crippen LogP contribution in [0, 0.1) is 0 Å². The quantitative estimate of drug-likeness (QED) is 0.130. The van der Waals surface area contributed by atoms with E-state index in [1.807, 2.05) is 16.7 Å². The number of carbonyl (C=O) groups is 2. The van der Waals surface area contributed by atoms with Crippen LogP contribution in [0.5, 0.6) is 11.5 Å². The van der Waals surface area contributed by atoms with Crippen LogP contribution >= 0.6 is 0 Å². The van der Waals surface area contributed by atoms with Gasteiger partial charge in [-0.3, -0.25) is 9.59 Å². The van der Waals surface area contributed by atoms with E-state index in [2.05, 4.69) is 19.4 Å². The topological polar surface area (TPSA) is 113 Å². The number of benzene rings is 2. The van der Waals surface area contributed by atoms with Crippen molar-refractivity contribution < 1.29 is 54.9 Å². The van der Waals surface area contributed by atoms with Crippen molar-refractivity contribution in [1.29, 1.82) is 0 Å². The predicted octanol–water partition coefficient (Wildman–Crippen LogP) is 7.99. The molecule has 320 valence electrons. The molecular weight excluding hydrogens is 798 g/mol. The van der Waals surface area contributed by atoms with Gasteiger partial charge in [-0.05, 0) is 86.1 Å². The Bertz CT molecular complexity index is 2170. The van der Waals surface area contributed by atoms with Crippen LogP contribution in [0.25, 0.3) is 5.65 Å². The molecule has 0 spiro atoms. The van der Waals surface area contributed by atoms with Crippen LogP contribution < -0.4 is 9.47 Å². The first-order chi connectivity index (χ1) is 28.8. The SMILES string of the molecule is O=C(c1cn2c(n1)CCCC2)N(Cc1cccc(OC(F)(F)F)c1)C1CCOCC1.O=C(c1cn2ccccc2n1)N(Cc1cccc(OC(F)(F)F)c1)C1CCOCC1. The summed E-state index contributed by atoms with van der Waals surface area (Å²) in [6.07, 6.45) is 1.35. The zero-order chi connectivity index (χ0) is 42.3. The zero-order valence-corrected chi connectivity index (χ0v) is 32.5. The fourth-order valence-corrected chi connectivity index (χ4v) is 7.65. The summed E-state index contributed by atoms with van der Waals surface area (Å²) < 4.78 is 98.1. The number of imidazole rings is 2. The first kappa shape index (κ1) is 42.5. The van der Waals surface area contributed by atoms with Crippen LogP contribution in [-0.2, 0) is 35.5 Å². The highest BCUT2D eigenvalue weighted by atomic mass is 19.4. The Morgan fingerprint density at radius 3 is 1.72 bits per heavy atom. The van der Waals surface area contributed by atoms with Crippen molar-refractivity contribution >= 4 is 17.5 Å². The summed E-state index contributed by atoms with van der Waals surface area (Å²) in [4.78, 5) is 39.0. The number of halogens is 6. The minimum absolute atomic E-state index is 0.0582. The van der Waals surface area contributed by atoms with E-state index in [0.29, 0.717) is 74.6 Å². The van der Waals surface area contributed by atoms with Gasteiger partial charge in [0.2, 0.25) is 0 Å². The Balaban J connectivity index is 0.000000181. The number of fused-ring (bicyclic) bond motifs is 2. The van der Waals surface area contributed by atoms with E-state index in [0.717, 1.165) is 31.6 Å². The third-order valence-corrected chi connectivity index (χ3v) is 10.5. The number of aryl methyl sites for hydroxylation is 2. The summed E-state index contributed by atoms with van der Waals surface area (Å²) in [5.41, 5.74) is 2.44. The lowest BCUT2D eigenvalue weighted by Gasteiger charge is -2.34. The van der Waals surface area contributed by atoms with Crippen molar-refractivity contribution in [1.82, 2.24) is 28.7 Å². The second-order valence-electron chi connectivity index (χ2n) is 14.7. The Hall–Kier alpha value is -5.62. The van der Waals surface area contributed by atoms with Crippen LogP contribution in [0.3, 0.4) is 0 Å². The maximum atomic E-state index is 13.4. The maximum Gasteiger partial charge on any atom is 0.573 e. The summed E-state index contributed by atoms with van der Waals surface area (Å²) in [5, 5.41) is 0. The molecule has 6 heterocycles. The minimum Gasteiger partial charge on any atom is -0.406 e. The van der Waals surface area contributed by atoms with Crippen LogP contribution in [0.15, 0.2) is 85.3 Å². The Labute approximate surface area is 341 Å². The number of carbonyl (C=O) groups excluding carboxylic acids is 2. The van der Waals surface area contributed by atoms with E-state index < -0.39 is 12.7 Å². The molecule has 8 rings (SSSR count). The predicted molar refractivity (Wildman–Crippen MR) is 204 cm³/mol. The van der Waals surface area contributed by atoms with Gasteiger partial charge in [-0.2, -0.15) is 0 Å². The monoisotopic (exact) mass is 842 g/mol. The summed E-state index contributed by atoms with van der Waals surface area (Å²) >= 11 is 0. The summed E-state index contributed by atoms with van der Waals surface area (Å²) in [6, 6.07) is 16.8. The van der Waals surface area contributed by atoms with E-state index in [4.69, 9.17) is 9.47 Å². The molecule has 60 heavy (non-hydrogen) atoms. The first-order valence-electron chi connectivity index (χ1n) is 19.7. The van der Waals surface area contributed by atoms with Gasteiger partial charge in [0.05, 0.1) is 0 Å². The molecule has 2 saturated heterocycles.